The van der Waals surface area contributed by atoms with Crippen LogP contribution in [0.2, 0.25) is 0 Å². The van der Waals surface area contributed by atoms with Crippen LogP contribution in [-0.4, -0.2) is 42.2 Å². The van der Waals surface area contributed by atoms with Crippen molar-refractivity contribution in [1.29, 1.82) is 0 Å². The van der Waals surface area contributed by atoms with E-state index in [1.165, 1.54) is 5.56 Å². The maximum atomic E-state index is 12.3. The van der Waals surface area contributed by atoms with E-state index in [1.54, 1.807) is 6.92 Å². The Labute approximate surface area is 238 Å². The number of carbonyl (C=O) groups excluding carboxylic acids is 1. The average Bonchev–Trinajstić information content (AvgIpc) is 3.57. The van der Waals surface area contributed by atoms with Crippen LogP contribution in [0.5, 0.6) is 11.5 Å². The SMILES string of the molecule is CCOC(=O)c1oc2cccc(OCc3cc4c(OCC5CCCN(Cc6cccnc6)C5)cccc4o3)c2c1C. The lowest BCUT2D eigenvalue weighted by Crippen LogP contribution is -2.37. The molecule has 0 spiro atoms. The van der Waals surface area contributed by atoms with E-state index in [2.05, 4.69) is 16.0 Å². The lowest BCUT2D eigenvalue weighted by molar-refractivity contribution is 0.0491. The van der Waals surface area contributed by atoms with E-state index in [-0.39, 0.29) is 19.0 Å². The van der Waals surface area contributed by atoms with Gasteiger partial charge in [0.05, 0.1) is 24.0 Å². The van der Waals surface area contributed by atoms with Crippen LogP contribution in [0.4, 0.5) is 0 Å². The van der Waals surface area contributed by atoms with Gasteiger partial charge in [0, 0.05) is 37.0 Å². The van der Waals surface area contributed by atoms with Crippen LogP contribution in [0.25, 0.3) is 21.9 Å². The van der Waals surface area contributed by atoms with Crippen LogP contribution in [0.1, 0.15) is 47.2 Å². The van der Waals surface area contributed by atoms with Crippen LogP contribution in [0.3, 0.4) is 0 Å². The maximum Gasteiger partial charge on any atom is 0.374 e. The summed E-state index contributed by atoms with van der Waals surface area (Å²) in [6.45, 7) is 7.78. The molecule has 1 saturated heterocycles. The summed E-state index contributed by atoms with van der Waals surface area (Å²) in [7, 11) is 0. The summed E-state index contributed by atoms with van der Waals surface area (Å²) in [6, 6.07) is 17.5. The molecule has 3 aromatic heterocycles. The highest BCUT2D eigenvalue weighted by molar-refractivity contribution is 5.98. The molecule has 4 heterocycles. The molecule has 5 aromatic rings. The van der Waals surface area contributed by atoms with E-state index in [0.29, 0.717) is 35.2 Å². The summed E-state index contributed by atoms with van der Waals surface area (Å²) < 4.78 is 29.5. The van der Waals surface area contributed by atoms with Crippen LogP contribution in [0.15, 0.2) is 75.8 Å². The number of furan rings is 2. The fourth-order valence-corrected chi connectivity index (χ4v) is 5.60. The highest BCUT2D eigenvalue weighted by atomic mass is 16.5. The molecule has 1 atom stereocenters. The Morgan fingerprint density at radius 3 is 2.73 bits per heavy atom. The minimum atomic E-state index is -0.480. The number of aromatic nitrogens is 1. The molecular weight excluding hydrogens is 520 g/mol. The predicted octanol–water partition coefficient (Wildman–Crippen LogP) is 6.93. The van der Waals surface area contributed by atoms with Crippen molar-refractivity contribution in [3.8, 4) is 11.5 Å². The maximum absolute atomic E-state index is 12.3. The number of rotatable bonds is 10. The number of nitrogens with zero attached hydrogens (tertiary/aromatic N) is 2. The van der Waals surface area contributed by atoms with Crippen molar-refractivity contribution in [3.63, 3.8) is 0 Å². The van der Waals surface area contributed by atoms with Crippen molar-refractivity contribution in [2.24, 2.45) is 5.92 Å². The number of pyridine rings is 1. The second-order valence-corrected chi connectivity index (χ2v) is 10.5. The third-order valence-electron chi connectivity index (χ3n) is 7.53. The number of aryl methyl sites for hydroxylation is 1. The largest absolute Gasteiger partial charge is 0.492 e. The molecule has 1 fully saturated rings. The van der Waals surface area contributed by atoms with Gasteiger partial charge in [0.25, 0.3) is 0 Å². The Morgan fingerprint density at radius 1 is 1.05 bits per heavy atom. The van der Waals surface area contributed by atoms with E-state index >= 15 is 0 Å². The average molecular weight is 555 g/mol. The fraction of sp³-hybridized carbons (Fsp3) is 0.333. The minimum Gasteiger partial charge on any atom is -0.492 e. The number of hydrogen-bond acceptors (Lipinski definition) is 8. The Kier molecular flexibility index (Phi) is 7.91. The summed E-state index contributed by atoms with van der Waals surface area (Å²) in [5, 5.41) is 1.68. The van der Waals surface area contributed by atoms with E-state index in [4.69, 9.17) is 23.0 Å². The van der Waals surface area contributed by atoms with Crippen molar-refractivity contribution in [3.05, 3.63) is 89.6 Å². The van der Waals surface area contributed by atoms with Crippen molar-refractivity contribution in [2.75, 3.05) is 26.3 Å². The number of esters is 1. The number of piperidine rings is 1. The van der Waals surface area contributed by atoms with Gasteiger partial charge in [0.1, 0.15) is 35.0 Å². The molecule has 0 N–H and O–H groups in total. The summed E-state index contributed by atoms with van der Waals surface area (Å²) >= 11 is 0. The standard InChI is InChI=1S/C33H34N2O6/c1-3-37-33(36)32-22(2)31-29(12-5-13-30(31)41-32)39-21-25-16-26-27(10-4-11-28(26)40-25)38-20-24-9-7-15-35(19-24)18-23-8-6-14-34-17-23/h4-6,8,10-14,16-17,24H,3,7,9,15,18-21H2,1-2H3. The molecule has 2 aromatic carbocycles. The van der Waals surface area contributed by atoms with Crippen LogP contribution in [-0.2, 0) is 17.9 Å². The highest BCUT2D eigenvalue weighted by Gasteiger charge is 2.23. The molecule has 1 aliphatic rings. The zero-order chi connectivity index (χ0) is 28.2. The van der Waals surface area contributed by atoms with Gasteiger partial charge >= 0.3 is 5.97 Å². The second-order valence-electron chi connectivity index (χ2n) is 10.5. The van der Waals surface area contributed by atoms with Crippen molar-refractivity contribution >= 4 is 27.9 Å². The monoisotopic (exact) mass is 554 g/mol. The summed E-state index contributed by atoms with van der Waals surface area (Å²) in [6.07, 6.45) is 6.07. The lowest BCUT2D eigenvalue weighted by Gasteiger charge is -2.32. The van der Waals surface area contributed by atoms with Crippen molar-refractivity contribution in [1.82, 2.24) is 9.88 Å². The highest BCUT2D eigenvalue weighted by Crippen LogP contribution is 2.35. The molecule has 0 bridgehead atoms. The first-order valence-corrected chi connectivity index (χ1v) is 14.2. The summed E-state index contributed by atoms with van der Waals surface area (Å²) in [5.41, 5.74) is 3.26. The third-order valence-corrected chi connectivity index (χ3v) is 7.53. The Bertz CT molecular complexity index is 1640. The number of carbonyl (C=O) groups is 1. The van der Waals surface area contributed by atoms with Gasteiger partial charge in [0.2, 0.25) is 5.76 Å². The molecular formula is C33H34N2O6. The number of likely N-dealkylation sites (tertiary alicyclic amines) is 1. The quantitative estimate of drug-likeness (QED) is 0.172. The molecule has 1 aliphatic heterocycles. The topological polar surface area (TPSA) is 87.2 Å². The molecule has 41 heavy (non-hydrogen) atoms. The third kappa shape index (κ3) is 5.93. The second kappa shape index (κ2) is 12.1. The zero-order valence-electron chi connectivity index (χ0n) is 23.4. The molecule has 0 radical (unpaired) electrons. The smallest absolute Gasteiger partial charge is 0.374 e. The molecule has 0 saturated carbocycles. The van der Waals surface area contributed by atoms with Crippen LogP contribution >= 0.6 is 0 Å². The van der Waals surface area contributed by atoms with E-state index < -0.39 is 5.97 Å². The van der Waals surface area contributed by atoms with Gasteiger partial charge in [-0.05, 0) is 75.2 Å². The predicted molar refractivity (Wildman–Crippen MR) is 155 cm³/mol. The van der Waals surface area contributed by atoms with Gasteiger partial charge in [-0.3, -0.25) is 9.88 Å². The van der Waals surface area contributed by atoms with Crippen LogP contribution < -0.4 is 9.47 Å². The lowest BCUT2D eigenvalue weighted by atomic mass is 9.98. The molecule has 8 nitrogen and oxygen atoms in total. The van der Waals surface area contributed by atoms with E-state index in [0.717, 1.165) is 54.6 Å². The summed E-state index contributed by atoms with van der Waals surface area (Å²) in [4.78, 5) is 19.0. The number of benzene rings is 2. The normalized spacial score (nSPS) is 15.8. The zero-order valence-corrected chi connectivity index (χ0v) is 23.4. The Hall–Kier alpha value is -4.30. The van der Waals surface area contributed by atoms with Gasteiger partial charge in [-0.25, -0.2) is 4.79 Å². The minimum absolute atomic E-state index is 0.196. The van der Waals surface area contributed by atoms with E-state index in [1.807, 2.05) is 67.8 Å². The first-order valence-electron chi connectivity index (χ1n) is 14.2. The Balaban J connectivity index is 1.12. The van der Waals surface area contributed by atoms with E-state index in [9.17, 15) is 4.79 Å². The molecule has 8 heteroatoms. The molecule has 212 valence electrons. The first kappa shape index (κ1) is 26.9. The van der Waals surface area contributed by atoms with Crippen molar-refractivity contribution in [2.45, 2.75) is 39.8 Å². The van der Waals surface area contributed by atoms with Crippen LogP contribution in [0, 0.1) is 12.8 Å². The number of hydrogen-bond donors (Lipinski definition) is 0. The number of fused-ring (bicyclic) bond motifs is 2. The Morgan fingerprint density at radius 2 is 1.90 bits per heavy atom. The fourth-order valence-electron chi connectivity index (χ4n) is 5.60. The molecule has 0 aliphatic carbocycles. The molecule has 0 amide bonds. The molecule has 6 rings (SSSR count). The van der Waals surface area contributed by atoms with Gasteiger partial charge in [-0.2, -0.15) is 0 Å². The van der Waals surface area contributed by atoms with Gasteiger partial charge < -0.3 is 23.0 Å². The number of ether oxygens (including phenoxy) is 3. The first-order chi connectivity index (χ1) is 20.1. The van der Waals surface area contributed by atoms with Gasteiger partial charge in [-0.1, -0.05) is 18.2 Å². The van der Waals surface area contributed by atoms with Gasteiger partial charge in [0.15, 0.2) is 0 Å². The van der Waals surface area contributed by atoms with Gasteiger partial charge in [-0.15, -0.1) is 0 Å². The molecule has 1 unspecified atom stereocenters. The van der Waals surface area contributed by atoms with Crippen molar-refractivity contribution < 1.29 is 27.8 Å². The summed E-state index contributed by atoms with van der Waals surface area (Å²) in [5.74, 6) is 2.29.